The number of benzene rings is 2. The van der Waals surface area contributed by atoms with Crippen molar-refractivity contribution in [2.24, 2.45) is 0 Å². The summed E-state index contributed by atoms with van der Waals surface area (Å²) in [6.07, 6.45) is 1.04. The van der Waals surface area contributed by atoms with E-state index in [0.29, 0.717) is 36.4 Å². The zero-order valence-electron chi connectivity index (χ0n) is 22.7. The molecule has 7 heteroatoms. The molecule has 2 atom stereocenters. The summed E-state index contributed by atoms with van der Waals surface area (Å²) in [6, 6.07) is 21.1. The van der Waals surface area contributed by atoms with E-state index < -0.39 is 5.92 Å². The van der Waals surface area contributed by atoms with Crippen LogP contribution in [0.4, 0.5) is 5.82 Å². The van der Waals surface area contributed by atoms with E-state index in [9.17, 15) is 9.59 Å². The van der Waals surface area contributed by atoms with E-state index in [2.05, 4.69) is 15.6 Å². The molecule has 0 spiro atoms. The van der Waals surface area contributed by atoms with Crippen molar-refractivity contribution >= 4 is 17.5 Å². The minimum atomic E-state index is -0.508. The monoisotopic (exact) mass is 523 g/mol. The summed E-state index contributed by atoms with van der Waals surface area (Å²) in [4.78, 5) is 32.0. The van der Waals surface area contributed by atoms with Crippen LogP contribution >= 0.6 is 0 Å². The van der Waals surface area contributed by atoms with Crippen molar-refractivity contribution < 1.29 is 19.1 Å². The van der Waals surface area contributed by atoms with E-state index in [1.165, 1.54) is 0 Å². The predicted octanol–water partition coefficient (Wildman–Crippen LogP) is 5.80. The Bertz CT molecular complexity index is 1460. The first-order valence-electron chi connectivity index (χ1n) is 13.2. The molecule has 2 aliphatic rings. The van der Waals surface area contributed by atoms with Gasteiger partial charge in [0.15, 0.2) is 5.78 Å². The lowest BCUT2D eigenvalue weighted by molar-refractivity contribution is -0.116. The summed E-state index contributed by atoms with van der Waals surface area (Å²) in [5.41, 5.74) is 5.51. The average molecular weight is 524 g/mol. The molecule has 2 unspecified atom stereocenters. The van der Waals surface area contributed by atoms with Gasteiger partial charge in [-0.2, -0.15) is 0 Å². The smallest absolute Gasteiger partial charge is 0.255 e. The first kappa shape index (κ1) is 26.2. The van der Waals surface area contributed by atoms with Gasteiger partial charge in [0.2, 0.25) is 0 Å². The number of rotatable bonds is 7. The molecule has 5 rings (SSSR count). The third-order valence-electron chi connectivity index (χ3n) is 7.31. The van der Waals surface area contributed by atoms with Crippen LogP contribution in [0.3, 0.4) is 0 Å². The number of ketones is 1. The van der Waals surface area contributed by atoms with Gasteiger partial charge in [0, 0.05) is 40.6 Å². The number of aryl methyl sites for hydroxylation is 1. The fourth-order valence-corrected chi connectivity index (χ4v) is 5.50. The molecule has 2 aromatic carbocycles. The predicted molar refractivity (Wildman–Crippen MR) is 151 cm³/mol. The van der Waals surface area contributed by atoms with E-state index in [4.69, 9.17) is 9.47 Å². The van der Waals surface area contributed by atoms with Crippen LogP contribution in [0.25, 0.3) is 0 Å². The molecule has 0 fully saturated rings. The summed E-state index contributed by atoms with van der Waals surface area (Å²) in [5, 5.41) is 6.39. The van der Waals surface area contributed by atoms with Gasteiger partial charge in [0.1, 0.15) is 17.3 Å². The summed E-state index contributed by atoms with van der Waals surface area (Å²) in [5.74, 6) is 1.28. The van der Waals surface area contributed by atoms with Gasteiger partial charge in [-0.25, -0.2) is 4.98 Å². The number of Topliss-reactive ketones (excluding diaryl/α,β-unsaturated/α-hetero) is 1. The second kappa shape index (κ2) is 11.2. The maximum atomic E-state index is 13.9. The summed E-state index contributed by atoms with van der Waals surface area (Å²) in [6.45, 7) is 6.27. The summed E-state index contributed by atoms with van der Waals surface area (Å²) in [7, 11) is 1.64. The maximum Gasteiger partial charge on any atom is 0.255 e. The number of nitrogens with zero attached hydrogens (tertiary/aromatic N) is 1. The molecule has 1 aliphatic carbocycles. The molecule has 0 saturated heterocycles. The standard InChI is InChI=1S/C32H33N3O4/c1-5-39-25-15-11-22(12-16-25)30-29(32(37)35-28-8-6-7-19(2)33-28)20(3)34-26-17-23(18-27(36)31(26)30)21-9-13-24(38-4)14-10-21/h6-16,23,30,34H,5,17-18H2,1-4H3,(H,33,35,37). The first-order chi connectivity index (χ1) is 18.9. The Morgan fingerprint density at radius 2 is 1.67 bits per heavy atom. The first-order valence-corrected chi connectivity index (χ1v) is 13.2. The van der Waals surface area contributed by atoms with Crippen LogP contribution in [-0.4, -0.2) is 30.4 Å². The Labute approximate surface area is 228 Å². The Kier molecular flexibility index (Phi) is 7.50. The number of hydrogen-bond donors (Lipinski definition) is 2. The molecule has 0 radical (unpaired) electrons. The molecule has 0 saturated carbocycles. The summed E-state index contributed by atoms with van der Waals surface area (Å²) < 4.78 is 10.9. The molecular weight excluding hydrogens is 490 g/mol. The second-order valence-corrected chi connectivity index (χ2v) is 9.91. The van der Waals surface area contributed by atoms with Gasteiger partial charge in [-0.15, -0.1) is 0 Å². The molecule has 7 nitrogen and oxygen atoms in total. The molecule has 2 heterocycles. The highest BCUT2D eigenvalue weighted by atomic mass is 16.5. The van der Waals surface area contributed by atoms with Crippen LogP contribution < -0.4 is 20.1 Å². The number of amides is 1. The SMILES string of the molecule is CCOc1ccc(C2C(C(=O)Nc3cccc(C)n3)=C(C)NC3=C2C(=O)CC(c2ccc(OC)cc2)C3)cc1. The Balaban J connectivity index is 1.53. The molecule has 200 valence electrons. The quantitative estimate of drug-likeness (QED) is 0.407. The highest BCUT2D eigenvalue weighted by molar-refractivity contribution is 6.09. The molecule has 1 amide bonds. The third-order valence-corrected chi connectivity index (χ3v) is 7.31. The Hall–Kier alpha value is -4.39. The number of carbonyl (C=O) groups excluding carboxylic acids is 2. The number of ether oxygens (including phenoxy) is 2. The number of anilines is 1. The van der Waals surface area contributed by atoms with Crippen LogP contribution in [0.2, 0.25) is 0 Å². The van der Waals surface area contributed by atoms with Crippen molar-refractivity contribution in [1.82, 2.24) is 10.3 Å². The van der Waals surface area contributed by atoms with Gasteiger partial charge >= 0.3 is 0 Å². The van der Waals surface area contributed by atoms with E-state index in [1.807, 2.05) is 81.4 Å². The lowest BCUT2D eigenvalue weighted by Crippen LogP contribution is -2.37. The highest BCUT2D eigenvalue weighted by Gasteiger charge is 2.41. The largest absolute Gasteiger partial charge is 0.497 e. The molecule has 39 heavy (non-hydrogen) atoms. The number of hydrogen-bond acceptors (Lipinski definition) is 6. The number of allylic oxidation sites excluding steroid dienone is 3. The van der Waals surface area contributed by atoms with Crippen molar-refractivity contribution in [2.45, 2.75) is 45.4 Å². The fraction of sp³-hybridized carbons (Fsp3) is 0.281. The van der Waals surface area contributed by atoms with Crippen molar-refractivity contribution in [2.75, 3.05) is 19.0 Å². The molecule has 0 bridgehead atoms. The Morgan fingerprint density at radius 3 is 2.33 bits per heavy atom. The van der Waals surface area contributed by atoms with Gasteiger partial charge in [0.25, 0.3) is 5.91 Å². The highest BCUT2D eigenvalue weighted by Crippen LogP contribution is 2.46. The Morgan fingerprint density at radius 1 is 0.974 bits per heavy atom. The lowest BCUT2D eigenvalue weighted by Gasteiger charge is -2.37. The van der Waals surface area contributed by atoms with Crippen molar-refractivity contribution in [3.8, 4) is 11.5 Å². The topological polar surface area (TPSA) is 89.5 Å². The number of carbonyl (C=O) groups is 2. The van der Waals surface area contributed by atoms with Gasteiger partial charge < -0.3 is 20.1 Å². The van der Waals surface area contributed by atoms with Crippen molar-refractivity contribution in [3.63, 3.8) is 0 Å². The zero-order valence-corrected chi connectivity index (χ0v) is 22.7. The molecular formula is C32H33N3O4. The van der Waals surface area contributed by atoms with E-state index in [0.717, 1.165) is 39.7 Å². The van der Waals surface area contributed by atoms with E-state index >= 15 is 0 Å². The van der Waals surface area contributed by atoms with Crippen LogP contribution in [0.1, 0.15) is 55.3 Å². The molecule has 3 aromatic rings. The number of methoxy groups -OCH3 is 1. The zero-order chi connectivity index (χ0) is 27.5. The minimum Gasteiger partial charge on any atom is -0.497 e. The van der Waals surface area contributed by atoms with Crippen molar-refractivity contribution in [1.29, 1.82) is 0 Å². The third kappa shape index (κ3) is 5.43. The van der Waals surface area contributed by atoms with Crippen LogP contribution in [0, 0.1) is 6.92 Å². The van der Waals surface area contributed by atoms with E-state index in [-0.39, 0.29) is 17.6 Å². The average Bonchev–Trinajstić information content (AvgIpc) is 2.93. The second-order valence-electron chi connectivity index (χ2n) is 9.91. The normalized spacial score (nSPS) is 18.8. The van der Waals surface area contributed by atoms with Crippen LogP contribution in [-0.2, 0) is 9.59 Å². The van der Waals surface area contributed by atoms with Crippen LogP contribution in [0.15, 0.2) is 89.3 Å². The maximum absolute atomic E-state index is 13.9. The van der Waals surface area contributed by atoms with Gasteiger partial charge in [-0.05, 0) is 80.6 Å². The van der Waals surface area contributed by atoms with E-state index in [1.54, 1.807) is 13.2 Å². The van der Waals surface area contributed by atoms with Crippen molar-refractivity contribution in [3.05, 3.63) is 106 Å². The summed E-state index contributed by atoms with van der Waals surface area (Å²) >= 11 is 0. The lowest BCUT2D eigenvalue weighted by atomic mass is 9.71. The molecule has 2 N–H and O–H groups in total. The van der Waals surface area contributed by atoms with Gasteiger partial charge in [0.05, 0.1) is 13.7 Å². The number of aromatic nitrogens is 1. The van der Waals surface area contributed by atoms with Gasteiger partial charge in [-0.1, -0.05) is 30.3 Å². The fourth-order valence-electron chi connectivity index (χ4n) is 5.50. The number of nitrogens with one attached hydrogen (secondary N) is 2. The molecule has 1 aliphatic heterocycles. The van der Waals surface area contributed by atoms with Crippen LogP contribution in [0.5, 0.6) is 11.5 Å². The molecule has 1 aromatic heterocycles. The number of dihydropyridines is 1. The number of pyridine rings is 1. The minimum absolute atomic E-state index is 0.0370. The van der Waals surface area contributed by atoms with Gasteiger partial charge in [-0.3, -0.25) is 9.59 Å².